The molecule has 4 fully saturated rings. The van der Waals surface area contributed by atoms with Gasteiger partial charge in [0.05, 0.1) is 0 Å². The Morgan fingerprint density at radius 3 is 2.77 bits per heavy atom. The van der Waals surface area contributed by atoms with E-state index in [4.69, 9.17) is 0 Å². The summed E-state index contributed by atoms with van der Waals surface area (Å²) in [6, 6.07) is 1.81. The molecule has 0 aromatic carbocycles. The number of nitrogens with zero attached hydrogens (tertiary/aromatic N) is 2. The van der Waals surface area contributed by atoms with Gasteiger partial charge in [0.2, 0.25) is 0 Å². The van der Waals surface area contributed by atoms with Crippen LogP contribution in [0, 0.1) is 46.8 Å². The van der Waals surface area contributed by atoms with E-state index in [1.807, 2.05) is 13.1 Å². The van der Waals surface area contributed by atoms with Gasteiger partial charge in [-0.1, -0.05) is 26.7 Å². The molecular formula is C26H41N3O. The highest BCUT2D eigenvalue weighted by Gasteiger charge is 2.55. The summed E-state index contributed by atoms with van der Waals surface area (Å²) in [5.74, 6) is 6.49. The fourth-order valence-corrected chi connectivity index (χ4v) is 8.64. The molecule has 1 aromatic heterocycles. The van der Waals surface area contributed by atoms with E-state index in [0.29, 0.717) is 17.0 Å². The van der Waals surface area contributed by atoms with Gasteiger partial charge in [0.15, 0.2) is 0 Å². The zero-order valence-electron chi connectivity index (χ0n) is 19.3. The minimum atomic E-state index is 0.0336. The highest BCUT2D eigenvalue weighted by atomic mass is 16.2. The lowest BCUT2D eigenvalue weighted by atomic mass is 9.45. The molecule has 30 heavy (non-hydrogen) atoms. The second kappa shape index (κ2) is 7.98. The van der Waals surface area contributed by atoms with Gasteiger partial charge in [0, 0.05) is 19.8 Å². The minimum Gasteiger partial charge on any atom is -0.350 e. The van der Waals surface area contributed by atoms with Crippen LogP contribution in [0.15, 0.2) is 12.3 Å². The van der Waals surface area contributed by atoms with E-state index in [0.717, 1.165) is 42.1 Å². The number of hydrogen-bond donors (Lipinski definition) is 1. The molecule has 8 atom stereocenters. The van der Waals surface area contributed by atoms with Crippen LogP contribution in [0.5, 0.6) is 0 Å². The third kappa shape index (κ3) is 3.42. The molecule has 1 aromatic rings. The van der Waals surface area contributed by atoms with Crippen LogP contribution < -0.4 is 5.32 Å². The topological polar surface area (TPSA) is 46.9 Å². The van der Waals surface area contributed by atoms with Gasteiger partial charge in [-0.25, -0.2) is 0 Å². The third-order valence-corrected chi connectivity index (χ3v) is 10.2. The summed E-state index contributed by atoms with van der Waals surface area (Å²) in [4.78, 5) is 12.7. The molecule has 4 nitrogen and oxygen atoms in total. The first-order valence-corrected chi connectivity index (χ1v) is 12.7. The summed E-state index contributed by atoms with van der Waals surface area (Å²) in [5.41, 5.74) is 1.08. The first-order chi connectivity index (χ1) is 14.5. The molecule has 4 aliphatic rings. The van der Waals surface area contributed by atoms with E-state index in [1.54, 1.807) is 10.9 Å². The molecule has 4 heteroatoms. The number of aromatic nitrogens is 2. The van der Waals surface area contributed by atoms with E-state index in [-0.39, 0.29) is 5.91 Å². The monoisotopic (exact) mass is 411 g/mol. The molecule has 5 rings (SSSR count). The standard InChI is InChI=1S/C26H41N3O/c1-17-7-9-20-18(15-17)8-10-22-21(20)11-13-26(2)19(5-4-6-23(22)26)16-27-25(30)24-12-14-28-29(24)3/h12,14,17-23H,4-11,13,15-16H2,1-3H3,(H,27,30)/t17-,18+,19+,20-,21+,22+,23-,26+/m0/s1. The average molecular weight is 412 g/mol. The van der Waals surface area contributed by atoms with Gasteiger partial charge in [0.25, 0.3) is 5.91 Å². The van der Waals surface area contributed by atoms with Gasteiger partial charge in [-0.15, -0.1) is 0 Å². The lowest BCUT2D eigenvalue weighted by Crippen LogP contribution is -2.54. The average Bonchev–Trinajstić information content (AvgIpc) is 3.17. The van der Waals surface area contributed by atoms with E-state index < -0.39 is 0 Å². The molecule has 0 radical (unpaired) electrons. The largest absolute Gasteiger partial charge is 0.350 e. The summed E-state index contributed by atoms with van der Waals surface area (Å²) in [7, 11) is 1.84. The van der Waals surface area contributed by atoms with Crippen molar-refractivity contribution in [1.29, 1.82) is 0 Å². The Balaban J connectivity index is 1.28. The Morgan fingerprint density at radius 2 is 1.97 bits per heavy atom. The zero-order chi connectivity index (χ0) is 20.9. The smallest absolute Gasteiger partial charge is 0.269 e. The van der Waals surface area contributed by atoms with Crippen LogP contribution in [-0.4, -0.2) is 22.2 Å². The fourth-order valence-electron chi connectivity index (χ4n) is 8.64. The van der Waals surface area contributed by atoms with E-state index in [2.05, 4.69) is 24.3 Å². The normalized spacial score (nSPS) is 43.2. The molecule has 4 saturated carbocycles. The van der Waals surface area contributed by atoms with Gasteiger partial charge in [-0.05, 0) is 104 Å². The predicted octanol–water partition coefficient (Wildman–Crippen LogP) is 5.44. The first kappa shape index (κ1) is 20.6. The molecule has 1 heterocycles. The Morgan fingerprint density at radius 1 is 1.13 bits per heavy atom. The Kier molecular flexibility index (Phi) is 5.48. The Labute approximate surface area is 182 Å². The van der Waals surface area contributed by atoms with Crippen LogP contribution in [0.2, 0.25) is 0 Å². The first-order valence-electron chi connectivity index (χ1n) is 12.7. The maximum Gasteiger partial charge on any atom is 0.269 e. The van der Waals surface area contributed by atoms with Crippen LogP contribution in [0.3, 0.4) is 0 Å². The molecule has 1 amide bonds. The predicted molar refractivity (Wildman–Crippen MR) is 120 cm³/mol. The van der Waals surface area contributed by atoms with Crippen LogP contribution in [0.25, 0.3) is 0 Å². The van der Waals surface area contributed by atoms with Crippen molar-refractivity contribution >= 4 is 5.91 Å². The number of rotatable bonds is 3. The second-order valence-corrected chi connectivity index (χ2v) is 11.6. The van der Waals surface area contributed by atoms with Gasteiger partial charge in [-0.2, -0.15) is 5.10 Å². The van der Waals surface area contributed by atoms with E-state index in [9.17, 15) is 4.79 Å². The number of amides is 1. The minimum absolute atomic E-state index is 0.0336. The van der Waals surface area contributed by atoms with Crippen LogP contribution in [0.1, 0.15) is 88.5 Å². The number of hydrogen-bond acceptors (Lipinski definition) is 2. The maximum atomic E-state index is 12.7. The number of carbonyl (C=O) groups excluding carboxylic acids is 1. The molecule has 4 aliphatic carbocycles. The van der Waals surface area contributed by atoms with Gasteiger partial charge >= 0.3 is 0 Å². The van der Waals surface area contributed by atoms with Crippen molar-refractivity contribution in [3.63, 3.8) is 0 Å². The van der Waals surface area contributed by atoms with Crippen molar-refractivity contribution < 1.29 is 4.79 Å². The van der Waals surface area contributed by atoms with Crippen molar-refractivity contribution in [1.82, 2.24) is 15.1 Å². The molecule has 1 N–H and O–H groups in total. The number of nitrogens with one attached hydrogen (secondary N) is 1. The van der Waals surface area contributed by atoms with E-state index >= 15 is 0 Å². The highest BCUT2D eigenvalue weighted by Crippen LogP contribution is 2.62. The molecule has 0 spiro atoms. The summed E-state index contributed by atoms with van der Waals surface area (Å²) in [6.45, 7) is 5.90. The molecule has 0 unspecified atom stereocenters. The lowest BCUT2D eigenvalue weighted by Gasteiger charge is -2.60. The Hall–Kier alpha value is -1.32. The Bertz CT molecular complexity index is 772. The quantitative estimate of drug-likeness (QED) is 0.719. The van der Waals surface area contributed by atoms with Gasteiger partial charge in [0.1, 0.15) is 5.69 Å². The molecule has 0 bridgehead atoms. The summed E-state index contributed by atoms with van der Waals surface area (Å²) in [5, 5.41) is 7.43. The van der Waals surface area contributed by atoms with Crippen molar-refractivity contribution in [2.75, 3.05) is 6.54 Å². The fraction of sp³-hybridized carbons (Fsp3) is 0.846. The summed E-state index contributed by atoms with van der Waals surface area (Å²) in [6.07, 6.45) is 16.0. The molecule has 166 valence electrons. The molecular weight excluding hydrogens is 370 g/mol. The van der Waals surface area contributed by atoms with Gasteiger partial charge in [-0.3, -0.25) is 9.48 Å². The highest BCUT2D eigenvalue weighted by molar-refractivity contribution is 5.92. The SMILES string of the molecule is C[C@H]1CC[C@H]2[C@H](CC[C@@H]3[C@@H]2CC[C@]2(C)[C@@H](CNC(=O)c4ccnn4C)CCC[C@@H]32)C1. The van der Waals surface area contributed by atoms with Crippen LogP contribution >= 0.6 is 0 Å². The molecule has 0 aliphatic heterocycles. The van der Waals surface area contributed by atoms with Crippen molar-refractivity contribution in [3.05, 3.63) is 18.0 Å². The number of fused-ring (bicyclic) bond motifs is 5. The number of aryl methyl sites for hydroxylation is 1. The van der Waals surface area contributed by atoms with Crippen LogP contribution in [-0.2, 0) is 7.05 Å². The number of carbonyl (C=O) groups is 1. The van der Waals surface area contributed by atoms with Crippen molar-refractivity contribution in [2.45, 2.75) is 78.1 Å². The second-order valence-electron chi connectivity index (χ2n) is 11.6. The molecule has 0 saturated heterocycles. The summed E-state index contributed by atoms with van der Waals surface area (Å²) >= 11 is 0. The van der Waals surface area contributed by atoms with Crippen LogP contribution in [0.4, 0.5) is 0 Å². The summed E-state index contributed by atoms with van der Waals surface area (Å²) < 4.78 is 1.68. The van der Waals surface area contributed by atoms with Crippen molar-refractivity contribution in [3.8, 4) is 0 Å². The van der Waals surface area contributed by atoms with E-state index in [1.165, 1.54) is 64.2 Å². The lowest BCUT2D eigenvalue weighted by molar-refractivity contribution is -0.108. The third-order valence-electron chi connectivity index (χ3n) is 10.2. The zero-order valence-corrected chi connectivity index (χ0v) is 19.3. The maximum absolute atomic E-state index is 12.7. The van der Waals surface area contributed by atoms with Gasteiger partial charge < -0.3 is 5.32 Å². The van der Waals surface area contributed by atoms with Crippen molar-refractivity contribution in [2.24, 2.45) is 53.9 Å².